The third-order valence-corrected chi connectivity index (χ3v) is 5.59. The van der Waals surface area contributed by atoms with Crippen LogP contribution in [0.15, 0.2) is 24.3 Å². The van der Waals surface area contributed by atoms with Gasteiger partial charge in [-0.25, -0.2) is 4.39 Å². The van der Waals surface area contributed by atoms with Crippen molar-refractivity contribution in [1.82, 2.24) is 10.2 Å². The maximum Gasteiger partial charge on any atom is 0.222 e. The highest BCUT2D eigenvalue weighted by Crippen LogP contribution is 2.25. The SMILES string of the molecule is Cl.O=C(CCC1CCNC1)N(CCc1ccccc1F)C1CCCC1. The molecule has 1 N–H and O–H groups in total. The first-order chi connectivity index (χ1) is 11.7. The Labute approximate surface area is 156 Å². The summed E-state index contributed by atoms with van der Waals surface area (Å²) < 4.78 is 13.9. The zero-order chi connectivity index (χ0) is 16.8. The van der Waals surface area contributed by atoms with E-state index in [2.05, 4.69) is 10.2 Å². The van der Waals surface area contributed by atoms with Gasteiger partial charge in [0, 0.05) is 19.0 Å². The van der Waals surface area contributed by atoms with Gasteiger partial charge in [-0.2, -0.15) is 0 Å². The van der Waals surface area contributed by atoms with Crippen LogP contribution in [0.4, 0.5) is 4.39 Å². The number of nitrogens with one attached hydrogen (secondary N) is 1. The minimum absolute atomic E-state index is 0. The van der Waals surface area contributed by atoms with Crippen molar-refractivity contribution in [3.05, 3.63) is 35.6 Å². The molecule has 1 unspecified atom stereocenters. The fraction of sp³-hybridized carbons (Fsp3) is 0.650. The van der Waals surface area contributed by atoms with E-state index in [0.717, 1.165) is 32.4 Å². The van der Waals surface area contributed by atoms with Crippen molar-refractivity contribution in [1.29, 1.82) is 0 Å². The zero-order valence-corrected chi connectivity index (χ0v) is 15.7. The van der Waals surface area contributed by atoms with E-state index in [0.29, 0.717) is 36.9 Å². The van der Waals surface area contributed by atoms with Crippen LogP contribution in [0, 0.1) is 11.7 Å². The van der Waals surface area contributed by atoms with E-state index in [1.165, 1.54) is 25.3 Å². The predicted octanol–water partition coefficient (Wildman–Crippen LogP) is 3.95. The zero-order valence-electron chi connectivity index (χ0n) is 14.9. The Kier molecular flexibility index (Phi) is 8.17. The van der Waals surface area contributed by atoms with Crippen LogP contribution < -0.4 is 5.32 Å². The quantitative estimate of drug-likeness (QED) is 0.790. The minimum Gasteiger partial charge on any atom is -0.339 e. The molecule has 1 atom stereocenters. The van der Waals surface area contributed by atoms with Gasteiger partial charge in [0.15, 0.2) is 0 Å². The van der Waals surface area contributed by atoms with Crippen molar-refractivity contribution in [2.24, 2.45) is 5.92 Å². The van der Waals surface area contributed by atoms with E-state index in [1.54, 1.807) is 6.07 Å². The third-order valence-electron chi connectivity index (χ3n) is 5.59. The van der Waals surface area contributed by atoms with E-state index in [-0.39, 0.29) is 24.1 Å². The van der Waals surface area contributed by atoms with Crippen molar-refractivity contribution in [2.45, 2.75) is 57.4 Å². The lowest BCUT2D eigenvalue weighted by atomic mass is 10.0. The van der Waals surface area contributed by atoms with E-state index in [4.69, 9.17) is 0 Å². The average Bonchev–Trinajstić information content (AvgIpc) is 3.28. The number of rotatable bonds is 7. The van der Waals surface area contributed by atoms with Crippen molar-refractivity contribution < 1.29 is 9.18 Å². The Balaban J connectivity index is 0.00000225. The Bertz CT molecular complexity index is 542. The predicted molar refractivity (Wildman–Crippen MR) is 102 cm³/mol. The van der Waals surface area contributed by atoms with Crippen LogP contribution in [-0.2, 0) is 11.2 Å². The van der Waals surface area contributed by atoms with Crippen molar-refractivity contribution >= 4 is 18.3 Å². The fourth-order valence-corrected chi connectivity index (χ4v) is 4.10. The molecule has 25 heavy (non-hydrogen) atoms. The van der Waals surface area contributed by atoms with Gasteiger partial charge >= 0.3 is 0 Å². The van der Waals surface area contributed by atoms with Crippen LogP contribution in [0.25, 0.3) is 0 Å². The number of amides is 1. The Hall–Kier alpha value is -1.13. The first-order valence-corrected chi connectivity index (χ1v) is 9.47. The molecule has 1 saturated heterocycles. The molecule has 1 amide bonds. The van der Waals surface area contributed by atoms with E-state index in [9.17, 15) is 9.18 Å². The van der Waals surface area contributed by atoms with Crippen LogP contribution >= 0.6 is 12.4 Å². The highest BCUT2D eigenvalue weighted by Gasteiger charge is 2.27. The first kappa shape index (κ1) is 20.2. The molecule has 3 rings (SSSR count). The molecule has 1 aliphatic carbocycles. The molecule has 0 aromatic heterocycles. The van der Waals surface area contributed by atoms with Gasteiger partial charge in [-0.1, -0.05) is 31.0 Å². The lowest BCUT2D eigenvalue weighted by Gasteiger charge is -2.29. The van der Waals surface area contributed by atoms with Gasteiger partial charge < -0.3 is 10.2 Å². The topological polar surface area (TPSA) is 32.3 Å². The molecule has 1 heterocycles. The lowest BCUT2D eigenvalue weighted by molar-refractivity contribution is -0.133. The highest BCUT2D eigenvalue weighted by atomic mass is 35.5. The van der Waals surface area contributed by atoms with Crippen molar-refractivity contribution in [3.8, 4) is 0 Å². The first-order valence-electron chi connectivity index (χ1n) is 9.47. The second-order valence-electron chi connectivity index (χ2n) is 7.26. The number of carbonyl (C=O) groups is 1. The maximum atomic E-state index is 13.9. The largest absolute Gasteiger partial charge is 0.339 e. The van der Waals surface area contributed by atoms with Gasteiger partial charge in [0.1, 0.15) is 5.82 Å². The van der Waals surface area contributed by atoms with E-state index in [1.807, 2.05) is 12.1 Å². The average molecular weight is 369 g/mol. The molecular formula is C20H30ClFN2O. The Morgan fingerprint density at radius 3 is 2.64 bits per heavy atom. The van der Waals surface area contributed by atoms with Gasteiger partial charge in [0.2, 0.25) is 5.91 Å². The van der Waals surface area contributed by atoms with E-state index >= 15 is 0 Å². The third kappa shape index (κ3) is 5.68. The smallest absolute Gasteiger partial charge is 0.222 e. The molecule has 0 radical (unpaired) electrons. The van der Waals surface area contributed by atoms with Crippen molar-refractivity contribution in [2.75, 3.05) is 19.6 Å². The Morgan fingerprint density at radius 1 is 1.20 bits per heavy atom. The maximum absolute atomic E-state index is 13.9. The lowest BCUT2D eigenvalue weighted by Crippen LogP contribution is -2.40. The van der Waals surface area contributed by atoms with Gasteiger partial charge in [-0.05, 0) is 62.7 Å². The molecule has 140 valence electrons. The fourth-order valence-electron chi connectivity index (χ4n) is 4.10. The number of hydrogen-bond acceptors (Lipinski definition) is 2. The van der Waals surface area contributed by atoms with Gasteiger partial charge in [0.25, 0.3) is 0 Å². The molecule has 1 aromatic carbocycles. The summed E-state index contributed by atoms with van der Waals surface area (Å²) in [6.45, 7) is 2.78. The van der Waals surface area contributed by atoms with Crippen molar-refractivity contribution in [3.63, 3.8) is 0 Å². The molecule has 0 spiro atoms. The summed E-state index contributed by atoms with van der Waals surface area (Å²) in [5, 5.41) is 3.37. The second kappa shape index (κ2) is 10.1. The summed E-state index contributed by atoms with van der Waals surface area (Å²) in [4.78, 5) is 14.9. The molecule has 5 heteroatoms. The summed E-state index contributed by atoms with van der Waals surface area (Å²) in [6.07, 6.45) is 8.05. The molecule has 1 aromatic rings. The summed E-state index contributed by atoms with van der Waals surface area (Å²) in [5.74, 6) is 0.754. The summed E-state index contributed by atoms with van der Waals surface area (Å²) in [6, 6.07) is 7.29. The van der Waals surface area contributed by atoms with Gasteiger partial charge in [-0.15, -0.1) is 12.4 Å². The number of benzene rings is 1. The molecule has 2 fully saturated rings. The Morgan fingerprint density at radius 2 is 1.96 bits per heavy atom. The standard InChI is InChI=1S/C20H29FN2O.ClH/c21-19-8-4-1-5-17(19)12-14-23(18-6-2-3-7-18)20(24)10-9-16-11-13-22-15-16;/h1,4-5,8,16,18,22H,2-3,6-7,9-15H2;1H. The van der Waals surface area contributed by atoms with E-state index < -0.39 is 0 Å². The number of nitrogens with zero attached hydrogens (tertiary/aromatic N) is 1. The molecule has 0 bridgehead atoms. The van der Waals surface area contributed by atoms with Crippen LogP contribution in [0.1, 0.15) is 50.5 Å². The van der Waals surface area contributed by atoms with Crippen LogP contribution in [0.3, 0.4) is 0 Å². The molecule has 1 aliphatic heterocycles. The summed E-state index contributed by atoms with van der Waals surface area (Å²) in [5.41, 5.74) is 0.716. The minimum atomic E-state index is -0.159. The molecule has 2 aliphatic rings. The normalized spacial score (nSPS) is 20.4. The second-order valence-corrected chi connectivity index (χ2v) is 7.26. The van der Waals surface area contributed by atoms with Gasteiger partial charge in [0.05, 0.1) is 0 Å². The van der Waals surface area contributed by atoms with Crippen LogP contribution in [-0.4, -0.2) is 36.5 Å². The number of carbonyl (C=O) groups excluding carboxylic acids is 1. The number of hydrogen-bond donors (Lipinski definition) is 1. The van der Waals surface area contributed by atoms with Crippen LogP contribution in [0.2, 0.25) is 0 Å². The monoisotopic (exact) mass is 368 g/mol. The summed E-state index contributed by atoms with van der Waals surface area (Å²) in [7, 11) is 0. The summed E-state index contributed by atoms with van der Waals surface area (Å²) >= 11 is 0. The van der Waals surface area contributed by atoms with Crippen LogP contribution in [0.5, 0.6) is 0 Å². The molecule has 1 saturated carbocycles. The molecular weight excluding hydrogens is 339 g/mol. The van der Waals surface area contributed by atoms with Gasteiger partial charge in [-0.3, -0.25) is 4.79 Å². The molecule has 3 nitrogen and oxygen atoms in total. The highest BCUT2D eigenvalue weighted by molar-refractivity contribution is 5.85. The number of halogens is 2.